The number of Topliss-reactive ketones (excluding diaryl/α,β-unsaturated/α-hetero) is 1. The van der Waals surface area contributed by atoms with Crippen molar-refractivity contribution >= 4 is 5.78 Å². The largest absolute Gasteiger partial charge is 0.296 e. The summed E-state index contributed by atoms with van der Waals surface area (Å²) in [6, 6.07) is 0. The molecule has 0 amide bonds. The third-order valence-corrected chi connectivity index (χ3v) is 2.98. The standard InChI is InChI=1S/C11H18O3/c1-9(2)11(14-13)8-6-4-3-5-7-10(11)12/h13H,1,3-8H2,2H3/t11-/m0/s1. The Hall–Kier alpha value is -0.670. The van der Waals surface area contributed by atoms with Crippen molar-refractivity contribution in [3.05, 3.63) is 12.2 Å². The van der Waals surface area contributed by atoms with E-state index >= 15 is 0 Å². The zero-order valence-corrected chi connectivity index (χ0v) is 8.71. The Labute approximate surface area is 84.7 Å². The molecule has 80 valence electrons. The first kappa shape index (κ1) is 11.4. The van der Waals surface area contributed by atoms with Crippen LogP contribution >= 0.6 is 0 Å². The van der Waals surface area contributed by atoms with E-state index in [-0.39, 0.29) is 5.78 Å². The van der Waals surface area contributed by atoms with Crippen molar-refractivity contribution < 1.29 is 14.9 Å². The van der Waals surface area contributed by atoms with Crippen LogP contribution in [-0.4, -0.2) is 16.6 Å². The lowest BCUT2D eigenvalue weighted by molar-refractivity contribution is -0.302. The van der Waals surface area contributed by atoms with E-state index < -0.39 is 5.60 Å². The van der Waals surface area contributed by atoms with Crippen LogP contribution in [0.5, 0.6) is 0 Å². The van der Waals surface area contributed by atoms with Gasteiger partial charge in [-0.25, -0.2) is 4.89 Å². The summed E-state index contributed by atoms with van der Waals surface area (Å²) < 4.78 is 0. The molecule has 0 aliphatic heterocycles. The van der Waals surface area contributed by atoms with Gasteiger partial charge in [0.25, 0.3) is 0 Å². The second kappa shape index (κ2) is 4.71. The minimum Gasteiger partial charge on any atom is -0.296 e. The molecule has 0 spiro atoms. The van der Waals surface area contributed by atoms with Crippen LogP contribution in [0.25, 0.3) is 0 Å². The highest BCUT2D eigenvalue weighted by molar-refractivity contribution is 5.90. The van der Waals surface area contributed by atoms with Gasteiger partial charge >= 0.3 is 0 Å². The predicted molar refractivity (Wildman–Crippen MR) is 54.0 cm³/mol. The van der Waals surface area contributed by atoms with Gasteiger partial charge in [0.15, 0.2) is 11.4 Å². The fraction of sp³-hybridized carbons (Fsp3) is 0.727. The van der Waals surface area contributed by atoms with Crippen molar-refractivity contribution in [2.45, 2.75) is 51.0 Å². The molecule has 1 rings (SSSR count). The van der Waals surface area contributed by atoms with E-state index in [1.165, 1.54) is 0 Å². The second-order valence-corrected chi connectivity index (χ2v) is 4.04. The molecule has 0 radical (unpaired) electrons. The Morgan fingerprint density at radius 2 is 2.07 bits per heavy atom. The lowest BCUT2D eigenvalue weighted by Crippen LogP contribution is -2.42. The summed E-state index contributed by atoms with van der Waals surface area (Å²) in [4.78, 5) is 16.3. The van der Waals surface area contributed by atoms with Crippen LogP contribution < -0.4 is 0 Å². The molecule has 1 N–H and O–H groups in total. The maximum atomic E-state index is 11.8. The lowest BCUT2D eigenvalue weighted by Gasteiger charge is -2.30. The fourth-order valence-electron chi connectivity index (χ4n) is 1.98. The zero-order chi connectivity index (χ0) is 10.6. The quantitative estimate of drug-likeness (QED) is 0.421. The minimum absolute atomic E-state index is 0.0350. The van der Waals surface area contributed by atoms with E-state index in [0.717, 1.165) is 25.7 Å². The summed E-state index contributed by atoms with van der Waals surface area (Å²) in [7, 11) is 0. The van der Waals surface area contributed by atoms with Crippen LogP contribution in [0.1, 0.15) is 45.4 Å². The Morgan fingerprint density at radius 1 is 1.43 bits per heavy atom. The van der Waals surface area contributed by atoms with Gasteiger partial charge in [0.05, 0.1) is 0 Å². The predicted octanol–water partition coefficient (Wildman–Crippen LogP) is 2.71. The van der Waals surface area contributed by atoms with Crippen LogP contribution in [-0.2, 0) is 9.68 Å². The summed E-state index contributed by atoms with van der Waals surface area (Å²) in [5.41, 5.74) is -0.521. The molecule has 0 aromatic rings. The lowest BCUT2D eigenvalue weighted by atomic mass is 9.81. The van der Waals surface area contributed by atoms with Crippen molar-refractivity contribution in [3.63, 3.8) is 0 Å². The van der Waals surface area contributed by atoms with E-state index in [4.69, 9.17) is 5.26 Å². The van der Waals surface area contributed by atoms with Crippen LogP contribution in [0.15, 0.2) is 12.2 Å². The highest BCUT2D eigenvalue weighted by Gasteiger charge is 2.40. The molecule has 0 saturated heterocycles. The maximum Gasteiger partial charge on any atom is 0.181 e. The average Bonchev–Trinajstić information content (AvgIpc) is 2.12. The topological polar surface area (TPSA) is 46.5 Å². The molecule has 0 bridgehead atoms. The number of hydrogen-bond acceptors (Lipinski definition) is 3. The normalized spacial score (nSPS) is 29.4. The van der Waals surface area contributed by atoms with E-state index in [9.17, 15) is 4.79 Å². The number of rotatable bonds is 2. The minimum atomic E-state index is -1.12. The van der Waals surface area contributed by atoms with Gasteiger partial charge in [-0.15, -0.1) is 0 Å². The van der Waals surface area contributed by atoms with Crippen molar-refractivity contribution in [2.24, 2.45) is 0 Å². The van der Waals surface area contributed by atoms with Crippen LogP contribution in [0.4, 0.5) is 0 Å². The molecule has 1 fully saturated rings. The SMILES string of the molecule is C=C(C)[C@@]1(OO)CCCCCCC1=O. The monoisotopic (exact) mass is 198 g/mol. The summed E-state index contributed by atoms with van der Waals surface area (Å²) in [5, 5.41) is 8.92. The molecule has 14 heavy (non-hydrogen) atoms. The molecule has 1 saturated carbocycles. The Bertz CT molecular complexity index is 235. The molecule has 1 aliphatic carbocycles. The van der Waals surface area contributed by atoms with Gasteiger partial charge in [-0.05, 0) is 31.8 Å². The molecule has 0 unspecified atom stereocenters. The average molecular weight is 198 g/mol. The highest BCUT2D eigenvalue weighted by Crippen LogP contribution is 2.31. The number of carbonyl (C=O) groups is 1. The van der Waals surface area contributed by atoms with Gasteiger partial charge < -0.3 is 0 Å². The molecule has 0 aromatic heterocycles. The molecular weight excluding hydrogens is 180 g/mol. The van der Waals surface area contributed by atoms with Gasteiger partial charge in [0.2, 0.25) is 0 Å². The number of hydrogen-bond donors (Lipinski definition) is 1. The molecule has 3 nitrogen and oxygen atoms in total. The van der Waals surface area contributed by atoms with Gasteiger partial charge in [0, 0.05) is 6.42 Å². The Balaban J connectivity index is 2.86. The van der Waals surface area contributed by atoms with Crippen LogP contribution in [0.3, 0.4) is 0 Å². The Kier molecular flexibility index (Phi) is 3.84. The number of ketones is 1. The highest BCUT2D eigenvalue weighted by atomic mass is 17.1. The summed E-state index contributed by atoms with van der Waals surface area (Å²) in [6.45, 7) is 5.47. The van der Waals surface area contributed by atoms with Gasteiger partial charge in [-0.1, -0.05) is 19.4 Å². The molecular formula is C11H18O3. The van der Waals surface area contributed by atoms with Gasteiger partial charge in [-0.3, -0.25) is 10.1 Å². The maximum absolute atomic E-state index is 11.8. The third-order valence-electron chi connectivity index (χ3n) is 2.98. The van der Waals surface area contributed by atoms with Crippen molar-refractivity contribution in [1.29, 1.82) is 0 Å². The third kappa shape index (κ3) is 2.04. The van der Waals surface area contributed by atoms with Crippen molar-refractivity contribution in [1.82, 2.24) is 0 Å². The van der Waals surface area contributed by atoms with E-state index in [0.29, 0.717) is 18.4 Å². The van der Waals surface area contributed by atoms with Crippen LogP contribution in [0, 0.1) is 0 Å². The molecule has 0 heterocycles. The molecule has 0 aromatic carbocycles. The van der Waals surface area contributed by atoms with Gasteiger partial charge in [0.1, 0.15) is 0 Å². The van der Waals surface area contributed by atoms with Gasteiger partial charge in [-0.2, -0.15) is 0 Å². The summed E-state index contributed by atoms with van der Waals surface area (Å²) in [5.74, 6) is -0.0350. The van der Waals surface area contributed by atoms with Crippen LogP contribution in [0.2, 0.25) is 0 Å². The first-order chi connectivity index (χ1) is 6.63. The van der Waals surface area contributed by atoms with E-state index in [1.54, 1.807) is 6.92 Å². The summed E-state index contributed by atoms with van der Waals surface area (Å²) >= 11 is 0. The first-order valence-electron chi connectivity index (χ1n) is 5.15. The Morgan fingerprint density at radius 3 is 2.64 bits per heavy atom. The van der Waals surface area contributed by atoms with Crippen molar-refractivity contribution in [2.75, 3.05) is 0 Å². The molecule has 1 atom stereocenters. The zero-order valence-electron chi connectivity index (χ0n) is 8.71. The number of carbonyl (C=O) groups excluding carboxylic acids is 1. The van der Waals surface area contributed by atoms with E-state index in [1.807, 2.05) is 0 Å². The smallest absolute Gasteiger partial charge is 0.181 e. The van der Waals surface area contributed by atoms with E-state index in [2.05, 4.69) is 11.5 Å². The fourth-order valence-corrected chi connectivity index (χ4v) is 1.98. The molecule has 3 heteroatoms. The first-order valence-corrected chi connectivity index (χ1v) is 5.15. The second-order valence-electron chi connectivity index (χ2n) is 4.04. The van der Waals surface area contributed by atoms with Crippen molar-refractivity contribution in [3.8, 4) is 0 Å². The molecule has 1 aliphatic rings. The summed E-state index contributed by atoms with van der Waals surface area (Å²) in [6.07, 6.45) is 5.00.